The van der Waals surface area contributed by atoms with E-state index in [2.05, 4.69) is 5.32 Å². The highest BCUT2D eigenvalue weighted by molar-refractivity contribution is 6.04. The topological polar surface area (TPSA) is 81.5 Å². The summed E-state index contributed by atoms with van der Waals surface area (Å²) in [6.45, 7) is 2.52. The minimum Gasteiger partial charge on any atom is -0.494 e. The number of nitrogens with zero attached hydrogens (tertiary/aromatic N) is 1. The Bertz CT molecular complexity index is 706. The summed E-state index contributed by atoms with van der Waals surface area (Å²) in [5.41, 5.74) is 1.17. The molecule has 0 fully saturated rings. The molecular formula is C17H16N2O4. The van der Waals surface area contributed by atoms with E-state index in [4.69, 9.17) is 4.74 Å². The van der Waals surface area contributed by atoms with Crippen LogP contribution in [0.3, 0.4) is 0 Å². The third-order valence-electron chi connectivity index (χ3n) is 3.01. The Hall–Kier alpha value is -3.15. The lowest BCUT2D eigenvalue weighted by Gasteiger charge is -2.04. The van der Waals surface area contributed by atoms with Gasteiger partial charge in [-0.15, -0.1) is 0 Å². The maximum absolute atomic E-state index is 11.9. The van der Waals surface area contributed by atoms with Crippen LogP contribution in [0.2, 0.25) is 0 Å². The molecule has 0 bridgehead atoms. The van der Waals surface area contributed by atoms with E-state index in [1.807, 2.05) is 31.2 Å². The molecular weight excluding hydrogens is 296 g/mol. The highest BCUT2D eigenvalue weighted by atomic mass is 16.6. The van der Waals surface area contributed by atoms with Crippen LogP contribution in [0.15, 0.2) is 60.8 Å². The number of hydrogen-bond acceptors (Lipinski definition) is 5. The van der Waals surface area contributed by atoms with Crippen molar-refractivity contribution in [2.45, 2.75) is 6.92 Å². The van der Waals surface area contributed by atoms with Gasteiger partial charge in [-0.1, -0.05) is 0 Å². The number of nitro benzene ring substituents is 1. The van der Waals surface area contributed by atoms with E-state index < -0.39 is 4.92 Å². The van der Waals surface area contributed by atoms with Crippen LogP contribution in [0.1, 0.15) is 17.3 Å². The first-order chi connectivity index (χ1) is 11.1. The summed E-state index contributed by atoms with van der Waals surface area (Å²) in [5, 5.41) is 13.5. The van der Waals surface area contributed by atoms with E-state index in [1.165, 1.54) is 36.5 Å². The van der Waals surface area contributed by atoms with Gasteiger partial charge in [0.15, 0.2) is 5.78 Å². The Balaban J connectivity index is 1.94. The fraction of sp³-hybridized carbons (Fsp3) is 0.118. The molecule has 0 radical (unpaired) electrons. The zero-order chi connectivity index (χ0) is 16.7. The van der Waals surface area contributed by atoms with Crippen LogP contribution in [0.4, 0.5) is 11.4 Å². The number of nitrogens with one attached hydrogen (secondary N) is 1. The van der Waals surface area contributed by atoms with Crippen LogP contribution in [-0.4, -0.2) is 17.3 Å². The molecule has 118 valence electrons. The molecule has 0 aliphatic carbocycles. The largest absolute Gasteiger partial charge is 0.494 e. The molecule has 23 heavy (non-hydrogen) atoms. The molecule has 6 nitrogen and oxygen atoms in total. The van der Waals surface area contributed by atoms with Crippen LogP contribution in [0.25, 0.3) is 0 Å². The van der Waals surface area contributed by atoms with Gasteiger partial charge in [-0.2, -0.15) is 0 Å². The molecule has 0 saturated carbocycles. The Kier molecular flexibility index (Phi) is 5.46. The smallest absolute Gasteiger partial charge is 0.269 e. The second-order valence-corrected chi connectivity index (χ2v) is 4.60. The zero-order valence-corrected chi connectivity index (χ0v) is 12.6. The number of nitro groups is 1. The maximum Gasteiger partial charge on any atom is 0.269 e. The number of rotatable bonds is 7. The molecule has 1 N–H and O–H groups in total. The van der Waals surface area contributed by atoms with E-state index in [9.17, 15) is 14.9 Å². The summed E-state index contributed by atoms with van der Waals surface area (Å²) in [5.74, 6) is 0.544. The summed E-state index contributed by atoms with van der Waals surface area (Å²) < 4.78 is 5.34. The molecule has 2 aromatic rings. The third kappa shape index (κ3) is 4.67. The number of ether oxygens (including phenoxy) is 1. The van der Waals surface area contributed by atoms with E-state index in [0.29, 0.717) is 12.2 Å². The second-order valence-electron chi connectivity index (χ2n) is 4.60. The van der Waals surface area contributed by atoms with Gasteiger partial charge >= 0.3 is 0 Å². The molecule has 0 amide bonds. The second kappa shape index (κ2) is 7.74. The molecule has 2 rings (SSSR count). The lowest BCUT2D eigenvalue weighted by molar-refractivity contribution is -0.384. The van der Waals surface area contributed by atoms with Crippen molar-refractivity contribution in [3.63, 3.8) is 0 Å². The molecule has 0 heterocycles. The van der Waals surface area contributed by atoms with Crippen molar-refractivity contribution in [2.75, 3.05) is 11.9 Å². The number of allylic oxidation sites excluding steroid dienone is 1. The fourth-order valence-electron chi connectivity index (χ4n) is 1.87. The number of benzene rings is 2. The molecule has 0 saturated heterocycles. The molecule has 0 aliphatic rings. The van der Waals surface area contributed by atoms with Gasteiger partial charge in [0.05, 0.1) is 11.5 Å². The first-order valence-corrected chi connectivity index (χ1v) is 7.05. The minimum absolute atomic E-state index is 0.0435. The highest BCUT2D eigenvalue weighted by Gasteiger charge is 2.07. The monoisotopic (exact) mass is 312 g/mol. The summed E-state index contributed by atoms with van der Waals surface area (Å²) in [4.78, 5) is 22.0. The van der Waals surface area contributed by atoms with Crippen molar-refractivity contribution in [2.24, 2.45) is 0 Å². The van der Waals surface area contributed by atoms with Crippen LogP contribution in [-0.2, 0) is 0 Å². The normalized spacial score (nSPS) is 10.5. The van der Waals surface area contributed by atoms with E-state index >= 15 is 0 Å². The number of carbonyl (C=O) groups excluding carboxylic acids is 1. The predicted molar refractivity (Wildman–Crippen MR) is 87.8 cm³/mol. The molecule has 0 spiro atoms. The number of non-ortho nitro benzene ring substituents is 1. The molecule has 0 aliphatic heterocycles. The van der Waals surface area contributed by atoms with Crippen LogP contribution < -0.4 is 10.1 Å². The molecule has 0 aromatic heterocycles. The number of hydrogen-bond donors (Lipinski definition) is 1. The lowest BCUT2D eigenvalue weighted by Crippen LogP contribution is -1.97. The SMILES string of the molecule is CCOc1ccc(N/C=C\C(=O)c2ccc([N+](=O)[O-])cc2)cc1. The van der Waals surface area contributed by atoms with Crippen molar-refractivity contribution < 1.29 is 14.5 Å². The Labute approximate surface area is 133 Å². The summed E-state index contributed by atoms with van der Waals surface area (Å²) in [6.07, 6.45) is 2.90. The Morgan fingerprint density at radius 1 is 1.17 bits per heavy atom. The zero-order valence-electron chi connectivity index (χ0n) is 12.6. The van der Waals surface area contributed by atoms with Gasteiger partial charge in [-0.05, 0) is 43.3 Å². The number of ketones is 1. The van der Waals surface area contributed by atoms with Gasteiger partial charge in [0.25, 0.3) is 5.69 Å². The van der Waals surface area contributed by atoms with Crippen molar-refractivity contribution >= 4 is 17.2 Å². The Morgan fingerprint density at radius 2 is 1.83 bits per heavy atom. The van der Waals surface area contributed by atoms with Gasteiger partial charge in [-0.25, -0.2) is 0 Å². The van der Waals surface area contributed by atoms with E-state index in [1.54, 1.807) is 0 Å². The Morgan fingerprint density at radius 3 is 2.39 bits per heavy atom. The maximum atomic E-state index is 11.9. The summed E-state index contributed by atoms with van der Waals surface area (Å²) >= 11 is 0. The number of carbonyl (C=O) groups is 1. The van der Waals surface area contributed by atoms with Crippen LogP contribution in [0, 0.1) is 10.1 Å². The molecule has 2 aromatic carbocycles. The average molecular weight is 312 g/mol. The molecule has 0 atom stereocenters. The van der Waals surface area contributed by atoms with Gasteiger partial charge in [0.1, 0.15) is 5.75 Å². The quantitative estimate of drug-likeness (QED) is 0.364. The molecule has 0 unspecified atom stereocenters. The van der Waals surface area contributed by atoms with Crippen molar-refractivity contribution in [1.82, 2.24) is 0 Å². The average Bonchev–Trinajstić information content (AvgIpc) is 2.56. The van der Waals surface area contributed by atoms with Crippen LogP contribution >= 0.6 is 0 Å². The van der Waals surface area contributed by atoms with Crippen molar-refractivity contribution in [3.05, 3.63) is 76.5 Å². The van der Waals surface area contributed by atoms with Gasteiger partial charge in [-0.3, -0.25) is 14.9 Å². The first-order valence-electron chi connectivity index (χ1n) is 7.05. The third-order valence-corrected chi connectivity index (χ3v) is 3.01. The van der Waals surface area contributed by atoms with Gasteiger partial charge < -0.3 is 10.1 Å². The molecule has 6 heteroatoms. The van der Waals surface area contributed by atoms with E-state index in [-0.39, 0.29) is 11.5 Å². The summed E-state index contributed by atoms with van der Waals surface area (Å²) in [6, 6.07) is 12.8. The lowest BCUT2D eigenvalue weighted by atomic mass is 10.1. The van der Waals surface area contributed by atoms with Crippen molar-refractivity contribution in [1.29, 1.82) is 0 Å². The minimum atomic E-state index is -0.502. The van der Waals surface area contributed by atoms with Crippen molar-refractivity contribution in [3.8, 4) is 5.75 Å². The van der Waals surface area contributed by atoms with Gasteiger partial charge in [0, 0.05) is 35.7 Å². The number of anilines is 1. The van der Waals surface area contributed by atoms with E-state index in [0.717, 1.165) is 11.4 Å². The van der Waals surface area contributed by atoms with Gasteiger partial charge in [0.2, 0.25) is 0 Å². The highest BCUT2D eigenvalue weighted by Crippen LogP contribution is 2.16. The standard InChI is InChI=1S/C17H16N2O4/c1-2-23-16-9-5-14(6-10-16)18-12-11-17(20)13-3-7-15(8-4-13)19(21)22/h3-12,18H,2H2,1H3/b12-11-. The first kappa shape index (κ1) is 16.2. The fourth-order valence-corrected chi connectivity index (χ4v) is 1.87. The summed E-state index contributed by atoms with van der Waals surface area (Å²) in [7, 11) is 0. The predicted octanol–water partition coefficient (Wildman–Crippen LogP) is 3.80. The van der Waals surface area contributed by atoms with Crippen LogP contribution in [0.5, 0.6) is 5.75 Å².